The van der Waals surface area contributed by atoms with E-state index in [0.717, 1.165) is 0 Å². The molecule has 5 nitrogen and oxygen atoms in total. The van der Waals surface area contributed by atoms with Gasteiger partial charge in [0, 0.05) is 38.5 Å². The van der Waals surface area contributed by atoms with E-state index in [4.69, 9.17) is 11.6 Å². The Morgan fingerprint density at radius 3 is 2.54 bits per heavy atom. The molecular formula is C20H18ClF2N3O2. The Hall–Kier alpha value is -2.67. The van der Waals surface area contributed by atoms with Crippen molar-refractivity contribution in [1.82, 2.24) is 10.2 Å². The van der Waals surface area contributed by atoms with E-state index >= 15 is 0 Å². The number of likely N-dealkylation sites (tertiary alicyclic amines) is 1. The third kappa shape index (κ3) is 2.99. The number of nitrogens with zero attached hydrogens (tertiary/aromatic N) is 2. The smallest absolute Gasteiger partial charge is 0.255 e. The van der Waals surface area contributed by atoms with Crippen molar-refractivity contribution in [3.8, 4) is 0 Å². The molecule has 0 bridgehead atoms. The summed E-state index contributed by atoms with van der Waals surface area (Å²) < 4.78 is 26.9. The van der Waals surface area contributed by atoms with E-state index in [1.54, 1.807) is 11.0 Å². The summed E-state index contributed by atoms with van der Waals surface area (Å²) in [4.78, 5) is 28.9. The summed E-state index contributed by atoms with van der Waals surface area (Å²) in [6, 6.07) is 8.06. The lowest BCUT2D eigenvalue weighted by atomic mass is 9.90. The number of amides is 2. The number of carbonyl (C=O) groups is 2. The predicted octanol–water partition coefficient (Wildman–Crippen LogP) is 3.43. The van der Waals surface area contributed by atoms with Crippen molar-refractivity contribution in [3.63, 3.8) is 0 Å². The zero-order chi connectivity index (χ0) is 20.1. The van der Waals surface area contributed by atoms with Gasteiger partial charge in [-0.3, -0.25) is 9.59 Å². The summed E-state index contributed by atoms with van der Waals surface area (Å²) in [5.41, 5.74) is 0.645. The molecule has 0 aliphatic carbocycles. The van der Waals surface area contributed by atoms with E-state index in [-0.39, 0.29) is 16.8 Å². The van der Waals surface area contributed by atoms with E-state index in [0.29, 0.717) is 42.7 Å². The highest BCUT2D eigenvalue weighted by Gasteiger charge is 2.45. The molecule has 0 radical (unpaired) electrons. The van der Waals surface area contributed by atoms with E-state index < -0.39 is 17.3 Å². The first-order chi connectivity index (χ1) is 13.3. The van der Waals surface area contributed by atoms with Crippen LogP contribution in [0, 0.1) is 11.6 Å². The molecule has 4 rings (SSSR count). The molecule has 8 heteroatoms. The lowest BCUT2D eigenvalue weighted by molar-refractivity contribution is 0.0609. The van der Waals surface area contributed by atoms with Crippen LogP contribution in [0.25, 0.3) is 0 Å². The van der Waals surface area contributed by atoms with Crippen molar-refractivity contribution in [2.45, 2.75) is 18.5 Å². The van der Waals surface area contributed by atoms with Gasteiger partial charge in [0.15, 0.2) is 0 Å². The van der Waals surface area contributed by atoms with Crippen LogP contribution in [0.4, 0.5) is 14.5 Å². The van der Waals surface area contributed by atoms with Gasteiger partial charge in [0.2, 0.25) is 0 Å². The highest BCUT2D eigenvalue weighted by Crippen LogP contribution is 2.36. The molecule has 2 aromatic carbocycles. The summed E-state index contributed by atoms with van der Waals surface area (Å²) in [5, 5.41) is 2.90. The maximum atomic E-state index is 13.5. The van der Waals surface area contributed by atoms with Gasteiger partial charge < -0.3 is 15.1 Å². The van der Waals surface area contributed by atoms with Gasteiger partial charge in [-0.15, -0.1) is 0 Å². The van der Waals surface area contributed by atoms with Gasteiger partial charge in [-0.05, 0) is 36.4 Å². The zero-order valence-corrected chi connectivity index (χ0v) is 15.9. The van der Waals surface area contributed by atoms with Crippen LogP contribution in [0.2, 0.25) is 5.02 Å². The molecule has 0 aromatic heterocycles. The summed E-state index contributed by atoms with van der Waals surface area (Å²) in [5.74, 6) is -1.59. The van der Waals surface area contributed by atoms with Crippen LogP contribution in [-0.2, 0) is 0 Å². The number of carbonyl (C=O) groups excluding carboxylic acids is 2. The highest BCUT2D eigenvalue weighted by molar-refractivity contribution is 6.31. The Kier molecular flexibility index (Phi) is 4.50. The Morgan fingerprint density at radius 1 is 1.14 bits per heavy atom. The van der Waals surface area contributed by atoms with Crippen LogP contribution in [0.5, 0.6) is 0 Å². The fourth-order valence-corrected chi connectivity index (χ4v) is 4.11. The fourth-order valence-electron chi connectivity index (χ4n) is 3.93. The SMILES string of the molecule is CN1c2ccc(F)cc2C(=O)NC12CCN(C(=O)c1ccc(F)c(Cl)c1)CC2. The lowest BCUT2D eigenvalue weighted by Gasteiger charge is -2.51. The number of nitrogens with one attached hydrogen (secondary N) is 1. The average Bonchev–Trinajstić information content (AvgIpc) is 2.68. The van der Waals surface area contributed by atoms with Crippen LogP contribution in [0.15, 0.2) is 36.4 Å². The van der Waals surface area contributed by atoms with E-state index in [1.165, 1.54) is 30.3 Å². The molecule has 0 unspecified atom stereocenters. The van der Waals surface area contributed by atoms with Crippen molar-refractivity contribution < 1.29 is 18.4 Å². The Bertz CT molecular complexity index is 974. The van der Waals surface area contributed by atoms with Gasteiger partial charge in [0.1, 0.15) is 17.3 Å². The summed E-state index contributed by atoms with van der Waals surface area (Å²) >= 11 is 5.78. The second-order valence-corrected chi connectivity index (χ2v) is 7.53. The van der Waals surface area contributed by atoms with Crippen molar-refractivity contribution >= 4 is 29.1 Å². The molecule has 0 atom stereocenters. The van der Waals surface area contributed by atoms with Gasteiger partial charge in [-0.2, -0.15) is 0 Å². The Balaban J connectivity index is 1.53. The number of hydrogen-bond acceptors (Lipinski definition) is 3. The molecule has 0 saturated carbocycles. The van der Waals surface area contributed by atoms with Crippen LogP contribution in [0.1, 0.15) is 33.6 Å². The van der Waals surface area contributed by atoms with Gasteiger partial charge in [-0.1, -0.05) is 11.6 Å². The van der Waals surface area contributed by atoms with Crippen molar-refractivity contribution in [2.24, 2.45) is 0 Å². The molecular weight excluding hydrogens is 388 g/mol. The van der Waals surface area contributed by atoms with Gasteiger partial charge in [-0.25, -0.2) is 8.78 Å². The summed E-state index contributed by atoms with van der Waals surface area (Å²) in [7, 11) is 1.85. The second kappa shape index (κ2) is 6.74. The molecule has 1 N–H and O–H groups in total. The zero-order valence-electron chi connectivity index (χ0n) is 15.1. The highest BCUT2D eigenvalue weighted by atomic mass is 35.5. The summed E-state index contributed by atoms with van der Waals surface area (Å²) in [6.45, 7) is 0.823. The average molecular weight is 406 g/mol. The molecule has 2 heterocycles. The standard InChI is InChI=1S/C20H18ClF2N3O2/c1-25-17-5-3-13(22)11-14(17)18(27)24-20(25)6-8-26(9-7-20)19(28)12-2-4-16(23)15(21)10-12/h2-5,10-11H,6-9H2,1H3,(H,24,27). The first-order valence-electron chi connectivity index (χ1n) is 8.91. The molecule has 2 amide bonds. The minimum absolute atomic E-state index is 0.0950. The summed E-state index contributed by atoms with van der Waals surface area (Å²) in [6.07, 6.45) is 1.01. The molecule has 2 aliphatic heterocycles. The molecule has 1 spiro atoms. The lowest BCUT2D eigenvalue weighted by Crippen LogP contribution is -2.67. The number of rotatable bonds is 1. The number of anilines is 1. The third-order valence-corrected chi connectivity index (χ3v) is 5.89. The van der Waals surface area contributed by atoms with Crippen LogP contribution >= 0.6 is 11.6 Å². The van der Waals surface area contributed by atoms with E-state index in [1.807, 2.05) is 11.9 Å². The number of hydrogen-bond donors (Lipinski definition) is 1. The van der Waals surface area contributed by atoms with Crippen LogP contribution in [0.3, 0.4) is 0 Å². The first-order valence-corrected chi connectivity index (χ1v) is 9.29. The number of halogens is 3. The Labute approximate surface area is 165 Å². The van der Waals surface area contributed by atoms with Gasteiger partial charge in [0.05, 0.1) is 16.3 Å². The third-order valence-electron chi connectivity index (χ3n) is 5.60. The predicted molar refractivity (Wildman–Crippen MR) is 102 cm³/mol. The van der Waals surface area contributed by atoms with E-state index in [2.05, 4.69) is 5.32 Å². The molecule has 146 valence electrons. The van der Waals surface area contributed by atoms with Gasteiger partial charge >= 0.3 is 0 Å². The van der Waals surface area contributed by atoms with Crippen LogP contribution < -0.4 is 10.2 Å². The normalized spacial score (nSPS) is 18.1. The van der Waals surface area contributed by atoms with Gasteiger partial charge in [0.25, 0.3) is 11.8 Å². The number of benzene rings is 2. The molecule has 1 saturated heterocycles. The van der Waals surface area contributed by atoms with Crippen molar-refractivity contribution in [3.05, 3.63) is 64.2 Å². The monoisotopic (exact) mass is 405 g/mol. The number of piperidine rings is 1. The Morgan fingerprint density at radius 2 is 1.86 bits per heavy atom. The van der Waals surface area contributed by atoms with Crippen LogP contribution in [-0.4, -0.2) is 42.5 Å². The quantitative estimate of drug-likeness (QED) is 0.790. The molecule has 28 heavy (non-hydrogen) atoms. The fraction of sp³-hybridized carbons (Fsp3) is 0.300. The van der Waals surface area contributed by atoms with Crippen molar-refractivity contribution in [1.29, 1.82) is 0 Å². The minimum Gasteiger partial charge on any atom is -0.351 e. The maximum Gasteiger partial charge on any atom is 0.255 e. The molecule has 2 aliphatic rings. The molecule has 2 aromatic rings. The first kappa shape index (κ1) is 18.7. The second-order valence-electron chi connectivity index (χ2n) is 7.13. The van der Waals surface area contributed by atoms with E-state index in [9.17, 15) is 18.4 Å². The molecule has 1 fully saturated rings. The largest absolute Gasteiger partial charge is 0.351 e. The maximum absolute atomic E-state index is 13.5. The number of fused-ring (bicyclic) bond motifs is 1. The topological polar surface area (TPSA) is 52.7 Å². The minimum atomic E-state index is -0.640. The van der Waals surface area contributed by atoms with Crippen molar-refractivity contribution in [2.75, 3.05) is 25.0 Å².